The van der Waals surface area contributed by atoms with Crippen LogP contribution in [0.25, 0.3) is 5.57 Å². The fourth-order valence-corrected chi connectivity index (χ4v) is 1.77. The number of rotatable bonds is 1. The molecule has 1 aliphatic carbocycles. The first kappa shape index (κ1) is 9.47. The lowest BCUT2D eigenvalue weighted by atomic mass is 9.98. The lowest BCUT2D eigenvalue weighted by Gasteiger charge is -2.11. The van der Waals surface area contributed by atoms with Gasteiger partial charge < -0.3 is 0 Å². The molecule has 0 radical (unpaired) electrons. The fraction of sp³-hybridized carbons (Fsp3) is 0.167. The van der Waals surface area contributed by atoms with Gasteiger partial charge in [-0.1, -0.05) is 35.9 Å². The summed E-state index contributed by atoms with van der Waals surface area (Å²) in [6.07, 6.45) is 5.74. The number of hydrogen-bond donors (Lipinski definition) is 0. The number of allylic oxidation sites excluding steroid dienone is 4. The maximum Gasteiger partial charge on any atom is 0.123 e. The third-order valence-corrected chi connectivity index (χ3v) is 2.57. The smallest absolute Gasteiger partial charge is 0.123 e. The van der Waals surface area contributed by atoms with Crippen LogP contribution in [0.5, 0.6) is 0 Å². The van der Waals surface area contributed by atoms with E-state index in [-0.39, 0.29) is 5.82 Å². The molecule has 0 amide bonds. The van der Waals surface area contributed by atoms with E-state index in [1.807, 2.05) is 6.08 Å². The Morgan fingerprint density at radius 1 is 1.07 bits per heavy atom. The number of halogens is 2. The van der Waals surface area contributed by atoms with Crippen LogP contribution in [0.15, 0.2) is 41.4 Å². The molecule has 72 valence electrons. The summed E-state index contributed by atoms with van der Waals surface area (Å²) in [5.41, 5.74) is 2.23. The first-order valence-electron chi connectivity index (χ1n) is 4.55. The van der Waals surface area contributed by atoms with E-state index in [9.17, 15) is 4.39 Å². The molecule has 1 aliphatic rings. The Bertz CT molecular complexity index is 387. The van der Waals surface area contributed by atoms with Crippen molar-refractivity contribution in [2.45, 2.75) is 12.8 Å². The normalized spacial score (nSPS) is 16.1. The zero-order valence-corrected chi connectivity index (χ0v) is 8.39. The molecule has 0 atom stereocenters. The predicted molar refractivity (Wildman–Crippen MR) is 57.5 cm³/mol. The Balaban J connectivity index is 2.24. The zero-order valence-electron chi connectivity index (χ0n) is 7.63. The highest BCUT2D eigenvalue weighted by atomic mass is 35.5. The molecule has 0 saturated heterocycles. The molecule has 1 aromatic rings. The Kier molecular flexibility index (Phi) is 2.69. The third kappa shape index (κ3) is 2.05. The van der Waals surface area contributed by atoms with Crippen LogP contribution in [0.2, 0.25) is 0 Å². The highest BCUT2D eigenvalue weighted by Crippen LogP contribution is 2.28. The summed E-state index contributed by atoms with van der Waals surface area (Å²) >= 11 is 5.94. The van der Waals surface area contributed by atoms with E-state index in [1.54, 1.807) is 12.1 Å². The van der Waals surface area contributed by atoms with Crippen molar-refractivity contribution in [3.63, 3.8) is 0 Å². The molecular weight excluding hydrogens is 199 g/mol. The van der Waals surface area contributed by atoms with Gasteiger partial charge in [-0.3, -0.25) is 0 Å². The van der Waals surface area contributed by atoms with E-state index in [0.717, 1.165) is 23.4 Å². The van der Waals surface area contributed by atoms with Gasteiger partial charge in [0.15, 0.2) is 0 Å². The van der Waals surface area contributed by atoms with Crippen molar-refractivity contribution >= 4 is 17.2 Å². The second-order valence-electron chi connectivity index (χ2n) is 3.30. The van der Waals surface area contributed by atoms with Crippen LogP contribution in [-0.2, 0) is 0 Å². The van der Waals surface area contributed by atoms with E-state index in [2.05, 4.69) is 6.08 Å². The average molecular weight is 209 g/mol. The zero-order chi connectivity index (χ0) is 9.97. The van der Waals surface area contributed by atoms with Gasteiger partial charge in [-0.25, -0.2) is 4.39 Å². The molecule has 0 nitrogen and oxygen atoms in total. The highest BCUT2D eigenvalue weighted by Gasteiger charge is 2.07. The first-order valence-corrected chi connectivity index (χ1v) is 4.93. The average Bonchev–Trinajstić information content (AvgIpc) is 2.19. The Morgan fingerprint density at radius 3 is 2.43 bits per heavy atom. The molecule has 1 aromatic carbocycles. The van der Waals surface area contributed by atoms with Crippen molar-refractivity contribution in [1.29, 1.82) is 0 Å². The second-order valence-corrected chi connectivity index (χ2v) is 3.79. The first-order chi connectivity index (χ1) is 6.75. The SMILES string of the molecule is Fc1ccc(C2=CCC=C(Cl)C2)cc1. The van der Waals surface area contributed by atoms with E-state index >= 15 is 0 Å². The summed E-state index contributed by atoms with van der Waals surface area (Å²) in [6.45, 7) is 0. The van der Waals surface area contributed by atoms with Crippen molar-refractivity contribution in [2.75, 3.05) is 0 Å². The minimum Gasteiger partial charge on any atom is -0.207 e. The largest absolute Gasteiger partial charge is 0.207 e. The molecular formula is C12H10ClF. The number of hydrogen-bond acceptors (Lipinski definition) is 0. The van der Waals surface area contributed by atoms with Crippen LogP contribution >= 0.6 is 11.6 Å². The third-order valence-electron chi connectivity index (χ3n) is 2.28. The highest BCUT2D eigenvalue weighted by molar-refractivity contribution is 6.30. The standard InChI is InChI=1S/C12H10ClF/c13-11-3-1-2-10(8-11)9-4-6-12(14)7-5-9/h2-7H,1,8H2. The van der Waals surface area contributed by atoms with Gasteiger partial charge in [0.2, 0.25) is 0 Å². The van der Waals surface area contributed by atoms with Crippen molar-refractivity contribution in [1.82, 2.24) is 0 Å². The summed E-state index contributed by atoms with van der Waals surface area (Å²) in [6, 6.07) is 6.53. The molecule has 0 saturated carbocycles. The molecule has 0 aliphatic heterocycles. The van der Waals surface area contributed by atoms with Gasteiger partial charge in [-0.05, 0) is 29.7 Å². The monoisotopic (exact) mass is 208 g/mol. The molecule has 0 heterocycles. The number of benzene rings is 1. The summed E-state index contributed by atoms with van der Waals surface area (Å²) in [5, 5.41) is 0.867. The van der Waals surface area contributed by atoms with Crippen molar-refractivity contribution in [2.24, 2.45) is 0 Å². The molecule has 0 spiro atoms. The van der Waals surface area contributed by atoms with Crippen molar-refractivity contribution in [3.05, 3.63) is 52.8 Å². The molecule has 2 heteroatoms. The minimum atomic E-state index is -0.202. The van der Waals surface area contributed by atoms with Crippen LogP contribution in [0.1, 0.15) is 18.4 Å². The maximum absolute atomic E-state index is 12.7. The van der Waals surface area contributed by atoms with Gasteiger partial charge in [0.05, 0.1) is 0 Å². The summed E-state index contributed by atoms with van der Waals surface area (Å²) in [4.78, 5) is 0. The Hall–Kier alpha value is -1.08. The molecule has 0 unspecified atom stereocenters. The van der Waals surface area contributed by atoms with Crippen LogP contribution in [0, 0.1) is 5.82 Å². The molecule has 2 rings (SSSR count). The lowest BCUT2D eigenvalue weighted by molar-refractivity contribution is 0.627. The predicted octanol–water partition coefficient (Wildman–Crippen LogP) is 4.13. The Morgan fingerprint density at radius 2 is 1.79 bits per heavy atom. The lowest BCUT2D eigenvalue weighted by Crippen LogP contribution is -1.90. The summed E-state index contributed by atoms with van der Waals surface area (Å²) < 4.78 is 12.7. The van der Waals surface area contributed by atoms with Crippen molar-refractivity contribution in [3.8, 4) is 0 Å². The molecule has 14 heavy (non-hydrogen) atoms. The van der Waals surface area contributed by atoms with Gasteiger partial charge in [-0.15, -0.1) is 0 Å². The molecule has 0 aromatic heterocycles. The van der Waals surface area contributed by atoms with Gasteiger partial charge in [-0.2, -0.15) is 0 Å². The Labute approximate surface area is 87.7 Å². The topological polar surface area (TPSA) is 0 Å². The minimum absolute atomic E-state index is 0.202. The van der Waals surface area contributed by atoms with Crippen LogP contribution in [0.4, 0.5) is 4.39 Å². The van der Waals surface area contributed by atoms with E-state index < -0.39 is 0 Å². The molecule has 0 bridgehead atoms. The second kappa shape index (κ2) is 3.97. The van der Waals surface area contributed by atoms with Gasteiger partial charge in [0, 0.05) is 11.5 Å². The molecule has 0 N–H and O–H groups in total. The maximum atomic E-state index is 12.7. The van der Waals surface area contributed by atoms with Crippen LogP contribution in [0.3, 0.4) is 0 Å². The van der Waals surface area contributed by atoms with Gasteiger partial charge in [0.1, 0.15) is 5.82 Å². The van der Waals surface area contributed by atoms with Crippen LogP contribution in [-0.4, -0.2) is 0 Å². The van der Waals surface area contributed by atoms with E-state index in [4.69, 9.17) is 11.6 Å². The van der Waals surface area contributed by atoms with Gasteiger partial charge in [0.25, 0.3) is 0 Å². The molecule has 0 fully saturated rings. The van der Waals surface area contributed by atoms with Crippen molar-refractivity contribution < 1.29 is 4.39 Å². The van der Waals surface area contributed by atoms with E-state index in [1.165, 1.54) is 17.7 Å². The van der Waals surface area contributed by atoms with Gasteiger partial charge >= 0.3 is 0 Å². The quantitative estimate of drug-likeness (QED) is 0.651. The summed E-state index contributed by atoms with van der Waals surface area (Å²) in [5.74, 6) is -0.202. The van der Waals surface area contributed by atoms with Crippen LogP contribution < -0.4 is 0 Å². The fourth-order valence-electron chi connectivity index (χ4n) is 1.54. The van der Waals surface area contributed by atoms with E-state index in [0.29, 0.717) is 0 Å². The summed E-state index contributed by atoms with van der Waals surface area (Å²) in [7, 11) is 0.